The number of halogens is 1. The summed E-state index contributed by atoms with van der Waals surface area (Å²) in [4.78, 5) is 77.2. The summed E-state index contributed by atoms with van der Waals surface area (Å²) in [6, 6.07) is 3.04. The SMILES string of the molecule is C=C[C@@H]1CC1(NC(=O)[C@@H]1CC(Oc2cc(-c3coc(NC(C)C)n3)nc3c(Cl)c(OCC=O)ccc23)CN1C(=O)[C@@H](NC(=O)OC1C[C@@H]2C[C@@H]2C1)C(C)(C)C)C(=O)OC. The first-order chi connectivity index (χ1) is 28.0. The van der Waals surface area contributed by atoms with Crippen LogP contribution in [0.1, 0.15) is 66.7 Å². The third-order valence-electron chi connectivity index (χ3n) is 11.5. The van der Waals surface area contributed by atoms with Crippen LogP contribution in [0.25, 0.3) is 22.3 Å². The van der Waals surface area contributed by atoms with Crippen LogP contribution in [0, 0.1) is 23.2 Å². The molecule has 4 fully saturated rings. The number of hydrogen-bond donors (Lipinski definition) is 3. The zero-order valence-corrected chi connectivity index (χ0v) is 34.8. The first-order valence-electron chi connectivity index (χ1n) is 19.9. The van der Waals surface area contributed by atoms with Crippen LogP contribution in [-0.4, -0.2) is 101 Å². The summed E-state index contributed by atoms with van der Waals surface area (Å²) in [5, 5.41) is 9.40. The molecule has 7 rings (SSSR count). The number of rotatable bonds is 15. The number of aromatic nitrogens is 2. The fourth-order valence-electron chi connectivity index (χ4n) is 8.29. The van der Waals surface area contributed by atoms with Crippen molar-refractivity contribution in [2.45, 2.75) is 103 Å². The number of likely N-dealkylation sites (tertiary alicyclic amines) is 1. The summed E-state index contributed by atoms with van der Waals surface area (Å²) in [7, 11) is 1.24. The Balaban J connectivity index is 1.22. The van der Waals surface area contributed by atoms with Crippen molar-refractivity contribution in [3.8, 4) is 22.9 Å². The number of aldehydes is 1. The zero-order chi connectivity index (χ0) is 42.4. The average molecular weight is 835 g/mol. The van der Waals surface area contributed by atoms with Crippen LogP contribution in [0.3, 0.4) is 0 Å². The van der Waals surface area contributed by atoms with Gasteiger partial charge in [0, 0.05) is 29.8 Å². The van der Waals surface area contributed by atoms with Crippen LogP contribution in [0.2, 0.25) is 5.02 Å². The van der Waals surface area contributed by atoms with Crippen molar-refractivity contribution in [2.24, 2.45) is 23.2 Å². The first kappa shape index (κ1) is 41.8. The number of nitrogens with one attached hydrogen (secondary N) is 3. The number of oxazole rings is 1. The number of ether oxygens (including phenoxy) is 4. The third-order valence-corrected chi connectivity index (χ3v) is 11.9. The van der Waals surface area contributed by atoms with E-state index in [-0.39, 0.29) is 66.4 Å². The lowest BCUT2D eigenvalue weighted by molar-refractivity contribution is -0.148. The second kappa shape index (κ2) is 16.3. The van der Waals surface area contributed by atoms with Gasteiger partial charge in [-0.2, -0.15) is 4.98 Å². The number of hydrogen-bond acceptors (Lipinski definition) is 13. The average Bonchev–Trinajstić information content (AvgIpc) is 3.85. The van der Waals surface area contributed by atoms with Crippen LogP contribution in [0.15, 0.2) is 41.5 Å². The summed E-state index contributed by atoms with van der Waals surface area (Å²) < 4.78 is 28.7. The maximum atomic E-state index is 14.7. The van der Waals surface area contributed by atoms with Crippen LogP contribution < -0.4 is 25.4 Å². The molecule has 4 aliphatic rings. The molecule has 3 N–H and O–H groups in total. The van der Waals surface area contributed by atoms with Gasteiger partial charge in [-0.15, -0.1) is 6.58 Å². The number of anilines is 1. The maximum Gasteiger partial charge on any atom is 0.408 e. The number of alkyl carbamates (subject to hydrolysis) is 1. The lowest BCUT2D eigenvalue weighted by Gasteiger charge is -2.35. The van der Waals surface area contributed by atoms with Crippen molar-refractivity contribution in [3.05, 3.63) is 42.1 Å². The highest BCUT2D eigenvalue weighted by atomic mass is 35.5. The van der Waals surface area contributed by atoms with Gasteiger partial charge in [0.15, 0.2) is 6.29 Å². The third kappa shape index (κ3) is 8.68. The number of methoxy groups -OCH3 is 1. The topological polar surface area (TPSA) is 201 Å². The second-order valence-electron chi connectivity index (χ2n) is 17.3. The number of pyridine rings is 1. The van der Waals surface area contributed by atoms with E-state index in [9.17, 15) is 24.0 Å². The summed E-state index contributed by atoms with van der Waals surface area (Å²) in [6.07, 6.45) is 5.02. The van der Waals surface area contributed by atoms with Crippen molar-refractivity contribution in [1.29, 1.82) is 0 Å². The molecule has 0 radical (unpaired) electrons. The molecule has 8 atom stereocenters. The lowest BCUT2D eigenvalue weighted by atomic mass is 9.85. The van der Waals surface area contributed by atoms with Crippen molar-refractivity contribution in [2.75, 3.05) is 25.6 Å². The Bertz CT molecular complexity index is 2140. The molecule has 3 heterocycles. The van der Waals surface area contributed by atoms with Gasteiger partial charge in [-0.25, -0.2) is 14.6 Å². The van der Waals surface area contributed by atoms with Crippen LogP contribution in [-0.2, 0) is 28.7 Å². The quantitative estimate of drug-likeness (QED) is 0.0991. The number of fused-ring (bicyclic) bond motifs is 2. The van der Waals surface area contributed by atoms with E-state index in [1.54, 1.807) is 24.3 Å². The molecular weight excluding hydrogens is 784 g/mol. The normalized spacial score (nSPS) is 26.1. The molecule has 16 nitrogen and oxygen atoms in total. The van der Waals surface area contributed by atoms with Crippen molar-refractivity contribution >= 4 is 58.7 Å². The monoisotopic (exact) mass is 834 g/mol. The highest BCUT2D eigenvalue weighted by Gasteiger charge is 2.62. The molecular formula is C42H51ClN6O10. The predicted octanol–water partition coefficient (Wildman–Crippen LogP) is 5.46. The fraction of sp³-hybridized carbons (Fsp3) is 0.548. The van der Waals surface area contributed by atoms with E-state index in [1.807, 2.05) is 34.6 Å². The minimum absolute atomic E-state index is 0.0135. The molecule has 3 aliphatic carbocycles. The maximum absolute atomic E-state index is 14.7. The molecule has 3 aromatic rings. The highest BCUT2D eigenvalue weighted by Crippen LogP contribution is 2.52. The molecule has 1 aliphatic heterocycles. The van der Waals surface area contributed by atoms with Gasteiger partial charge >= 0.3 is 12.1 Å². The number of carbonyl (C=O) groups excluding carboxylic acids is 5. The Morgan fingerprint density at radius 2 is 1.81 bits per heavy atom. The standard InChI is InChI=1S/C42H51ClN6O10/c1-8-24-18-42(24,38(53)55-7)48-36(51)30-16-26(19-49(30)37(52)35(41(4,5)6)47-40(54)59-25-14-22-13-23(22)15-25)58-32-17-28(29-20-57-39(46-29)44-21(2)3)45-34-27(32)9-10-31(33(34)43)56-12-11-50/h8-11,17,20-26,30,35H,1,12-16,18-19H2,2-7H3,(H,44,46)(H,47,54)(H,48,51)/t22-,23+,24-,25?,26?,30+,35-,42?/m1/s1. The van der Waals surface area contributed by atoms with Gasteiger partial charge in [-0.3, -0.25) is 14.4 Å². The van der Waals surface area contributed by atoms with Gasteiger partial charge in [-0.05, 0) is 68.9 Å². The molecule has 2 aromatic heterocycles. The molecule has 1 saturated heterocycles. The van der Waals surface area contributed by atoms with E-state index in [4.69, 9.17) is 39.9 Å². The number of amides is 3. The predicted molar refractivity (Wildman–Crippen MR) is 216 cm³/mol. The van der Waals surface area contributed by atoms with Gasteiger partial charge < -0.3 is 44.2 Å². The fourth-order valence-corrected chi connectivity index (χ4v) is 8.55. The lowest BCUT2D eigenvalue weighted by Crippen LogP contribution is -2.59. The van der Waals surface area contributed by atoms with Gasteiger partial charge in [-0.1, -0.05) is 38.4 Å². The van der Waals surface area contributed by atoms with E-state index < -0.39 is 53.0 Å². The Morgan fingerprint density at radius 1 is 1.07 bits per heavy atom. The van der Waals surface area contributed by atoms with E-state index in [0.29, 0.717) is 40.6 Å². The molecule has 3 saturated carbocycles. The van der Waals surface area contributed by atoms with E-state index >= 15 is 0 Å². The highest BCUT2D eigenvalue weighted by molar-refractivity contribution is 6.36. The zero-order valence-electron chi connectivity index (χ0n) is 34.0. The number of esters is 1. The van der Waals surface area contributed by atoms with E-state index in [0.717, 1.165) is 19.3 Å². The molecule has 59 heavy (non-hydrogen) atoms. The molecule has 3 amide bonds. The van der Waals surface area contributed by atoms with E-state index in [1.165, 1.54) is 18.3 Å². The first-order valence-corrected chi connectivity index (χ1v) is 20.3. The van der Waals surface area contributed by atoms with Crippen LogP contribution in [0.5, 0.6) is 11.5 Å². The molecule has 3 unspecified atom stereocenters. The van der Waals surface area contributed by atoms with E-state index in [2.05, 4.69) is 27.5 Å². The van der Waals surface area contributed by atoms with Crippen LogP contribution >= 0.6 is 11.6 Å². The number of carbonyl (C=O) groups is 5. The molecule has 1 aromatic carbocycles. The Kier molecular flexibility index (Phi) is 11.6. The summed E-state index contributed by atoms with van der Waals surface area (Å²) >= 11 is 6.83. The largest absolute Gasteiger partial charge is 0.488 e. The smallest absolute Gasteiger partial charge is 0.408 e. The molecule has 0 bridgehead atoms. The summed E-state index contributed by atoms with van der Waals surface area (Å²) in [5.74, 6) is -0.393. The number of benzene rings is 1. The Hall–Kier alpha value is -5.38. The van der Waals surface area contributed by atoms with Gasteiger partial charge in [0.05, 0.1) is 24.9 Å². The van der Waals surface area contributed by atoms with Crippen molar-refractivity contribution in [1.82, 2.24) is 25.5 Å². The van der Waals surface area contributed by atoms with Crippen molar-refractivity contribution < 1.29 is 47.3 Å². The Morgan fingerprint density at radius 3 is 2.46 bits per heavy atom. The van der Waals surface area contributed by atoms with Crippen molar-refractivity contribution in [3.63, 3.8) is 0 Å². The Labute approximate surface area is 347 Å². The second-order valence-corrected chi connectivity index (χ2v) is 17.7. The molecule has 0 spiro atoms. The van der Waals surface area contributed by atoms with Gasteiger partial charge in [0.1, 0.15) is 64.9 Å². The van der Waals surface area contributed by atoms with Gasteiger partial charge in [0.25, 0.3) is 6.01 Å². The van der Waals surface area contributed by atoms with Crippen LogP contribution in [0.4, 0.5) is 10.8 Å². The minimum atomic E-state index is -1.33. The van der Waals surface area contributed by atoms with Gasteiger partial charge in [0.2, 0.25) is 11.8 Å². The minimum Gasteiger partial charge on any atom is -0.488 e. The molecule has 17 heteroatoms. The molecule has 316 valence electrons. The summed E-state index contributed by atoms with van der Waals surface area (Å²) in [6.45, 7) is 12.8. The summed E-state index contributed by atoms with van der Waals surface area (Å²) in [5.41, 5.74) is -1.15. The number of nitrogens with zero attached hydrogens (tertiary/aromatic N) is 3.